The lowest BCUT2D eigenvalue weighted by Crippen LogP contribution is -2.54. The maximum Gasteiger partial charge on any atom is 0.265 e. The molecule has 0 amide bonds. The second kappa shape index (κ2) is 5.22. The molecule has 1 rings (SSSR count). The van der Waals surface area contributed by atoms with Gasteiger partial charge in [-0.2, -0.15) is 0 Å². The Kier molecular flexibility index (Phi) is 4.65. The minimum Gasteiger partial charge on any atom is -0.445 e. The van der Waals surface area contributed by atoms with Crippen molar-refractivity contribution in [2.75, 3.05) is 6.61 Å². The minimum absolute atomic E-state index is 0.254. The standard InChI is InChI=1S/C7H10Cl3NO5/c8-7(9,10)6(11)16-5-4(14)3(13)2(12)1-15-5/h2-5,11-14H,1H2/t2-,3-,4+,5?/m0/s1. The molecular formula is C7H10Cl3NO5. The summed E-state index contributed by atoms with van der Waals surface area (Å²) < 4.78 is 7.49. The third kappa shape index (κ3) is 3.33. The highest BCUT2D eigenvalue weighted by Crippen LogP contribution is 2.29. The zero-order valence-corrected chi connectivity index (χ0v) is 10.1. The molecule has 0 radical (unpaired) electrons. The molecule has 1 saturated heterocycles. The Morgan fingerprint density at radius 3 is 2.31 bits per heavy atom. The minimum atomic E-state index is -2.08. The Bertz CT molecular complexity index is 271. The van der Waals surface area contributed by atoms with Crippen LogP contribution >= 0.6 is 34.8 Å². The van der Waals surface area contributed by atoms with Crippen LogP contribution in [0.4, 0.5) is 0 Å². The van der Waals surface area contributed by atoms with E-state index in [0.717, 1.165) is 0 Å². The van der Waals surface area contributed by atoms with Gasteiger partial charge in [0.2, 0.25) is 12.2 Å². The fraction of sp³-hybridized carbons (Fsp3) is 0.857. The van der Waals surface area contributed by atoms with E-state index in [9.17, 15) is 10.2 Å². The first-order chi connectivity index (χ1) is 7.23. The first-order valence-corrected chi connectivity index (χ1v) is 5.35. The molecule has 0 spiro atoms. The van der Waals surface area contributed by atoms with Crippen molar-refractivity contribution in [3.63, 3.8) is 0 Å². The topological polar surface area (TPSA) is 103 Å². The number of alkyl halides is 3. The lowest BCUT2D eigenvalue weighted by Gasteiger charge is -2.35. The van der Waals surface area contributed by atoms with Crippen molar-refractivity contribution in [2.45, 2.75) is 28.4 Å². The number of halogens is 3. The van der Waals surface area contributed by atoms with Crippen LogP contribution in [0.25, 0.3) is 0 Å². The molecule has 16 heavy (non-hydrogen) atoms. The first-order valence-electron chi connectivity index (χ1n) is 4.21. The van der Waals surface area contributed by atoms with Gasteiger partial charge in [0.25, 0.3) is 3.79 Å². The molecule has 1 fully saturated rings. The van der Waals surface area contributed by atoms with Gasteiger partial charge in [-0.05, 0) is 0 Å². The van der Waals surface area contributed by atoms with Gasteiger partial charge < -0.3 is 24.8 Å². The third-order valence-electron chi connectivity index (χ3n) is 1.95. The molecule has 1 aliphatic heterocycles. The molecule has 0 bridgehead atoms. The van der Waals surface area contributed by atoms with Crippen LogP contribution in [0.5, 0.6) is 0 Å². The zero-order chi connectivity index (χ0) is 12.5. The molecule has 4 atom stereocenters. The predicted octanol–water partition coefficient (Wildman–Crippen LogP) is -0.211. The maximum absolute atomic E-state index is 9.44. The van der Waals surface area contributed by atoms with Crippen molar-refractivity contribution in [3.05, 3.63) is 0 Å². The van der Waals surface area contributed by atoms with E-state index in [-0.39, 0.29) is 6.61 Å². The Morgan fingerprint density at radius 2 is 1.81 bits per heavy atom. The molecule has 4 N–H and O–H groups in total. The quantitative estimate of drug-likeness (QED) is 0.304. The summed E-state index contributed by atoms with van der Waals surface area (Å²) in [7, 11) is 0. The molecule has 0 aromatic rings. The van der Waals surface area contributed by atoms with E-state index in [1.807, 2.05) is 0 Å². The normalized spacial score (nSPS) is 35.9. The summed E-state index contributed by atoms with van der Waals surface area (Å²) in [5.41, 5.74) is 0. The van der Waals surface area contributed by atoms with Gasteiger partial charge in [-0.15, -0.1) is 0 Å². The molecule has 1 unspecified atom stereocenters. The van der Waals surface area contributed by atoms with Gasteiger partial charge in [0, 0.05) is 0 Å². The Balaban J connectivity index is 2.59. The van der Waals surface area contributed by atoms with Gasteiger partial charge in [0.1, 0.15) is 18.3 Å². The van der Waals surface area contributed by atoms with E-state index in [1.54, 1.807) is 0 Å². The van der Waals surface area contributed by atoms with Crippen LogP contribution < -0.4 is 0 Å². The largest absolute Gasteiger partial charge is 0.445 e. The number of aliphatic hydroxyl groups excluding tert-OH is 3. The second-order valence-electron chi connectivity index (χ2n) is 3.19. The van der Waals surface area contributed by atoms with Crippen molar-refractivity contribution in [1.82, 2.24) is 0 Å². The van der Waals surface area contributed by atoms with Crippen molar-refractivity contribution in [3.8, 4) is 0 Å². The lowest BCUT2D eigenvalue weighted by atomic mass is 10.1. The molecule has 94 valence electrons. The van der Waals surface area contributed by atoms with Gasteiger partial charge in [-0.1, -0.05) is 34.8 Å². The summed E-state index contributed by atoms with van der Waals surface area (Å²) >= 11 is 16.0. The maximum atomic E-state index is 9.44. The molecule has 0 aliphatic carbocycles. The molecule has 0 saturated carbocycles. The third-order valence-corrected chi connectivity index (χ3v) is 2.46. The highest BCUT2D eigenvalue weighted by molar-refractivity contribution is 6.76. The molecule has 1 heterocycles. The van der Waals surface area contributed by atoms with E-state index in [1.165, 1.54) is 0 Å². The van der Waals surface area contributed by atoms with E-state index in [0.29, 0.717) is 0 Å². The summed E-state index contributed by atoms with van der Waals surface area (Å²) in [6, 6.07) is 0. The van der Waals surface area contributed by atoms with Crippen LogP contribution in [-0.4, -0.2) is 56.2 Å². The smallest absolute Gasteiger partial charge is 0.265 e. The van der Waals surface area contributed by atoms with Gasteiger partial charge >= 0.3 is 0 Å². The Morgan fingerprint density at radius 1 is 1.25 bits per heavy atom. The number of hydrogen-bond acceptors (Lipinski definition) is 6. The van der Waals surface area contributed by atoms with Gasteiger partial charge in [0.05, 0.1) is 6.61 Å². The van der Waals surface area contributed by atoms with E-state index in [4.69, 9.17) is 54.8 Å². The van der Waals surface area contributed by atoms with Crippen molar-refractivity contribution in [2.24, 2.45) is 0 Å². The fourth-order valence-corrected chi connectivity index (χ4v) is 1.20. The number of hydrogen-bond donors (Lipinski definition) is 4. The molecule has 9 heteroatoms. The molecule has 0 aromatic heterocycles. The van der Waals surface area contributed by atoms with Gasteiger partial charge in [0.15, 0.2) is 0 Å². The van der Waals surface area contributed by atoms with Gasteiger partial charge in [-0.25, -0.2) is 0 Å². The van der Waals surface area contributed by atoms with E-state index >= 15 is 0 Å². The number of nitrogens with one attached hydrogen (secondary N) is 1. The van der Waals surface area contributed by atoms with Crippen molar-refractivity contribution < 1.29 is 24.8 Å². The molecule has 0 aromatic carbocycles. The van der Waals surface area contributed by atoms with Crippen LogP contribution in [0.3, 0.4) is 0 Å². The van der Waals surface area contributed by atoms with Crippen molar-refractivity contribution in [1.29, 1.82) is 5.41 Å². The summed E-state index contributed by atoms with van der Waals surface area (Å²) in [6.07, 6.45) is -5.56. The second-order valence-corrected chi connectivity index (χ2v) is 5.48. The zero-order valence-electron chi connectivity index (χ0n) is 7.81. The number of rotatable bonds is 1. The van der Waals surface area contributed by atoms with Crippen LogP contribution in [0.15, 0.2) is 0 Å². The Hall–Kier alpha value is 0.180. The summed E-state index contributed by atoms with van der Waals surface area (Å²) in [5.74, 6) is -0.745. The molecule has 1 aliphatic rings. The van der Waals surface area contributed by atoms with Gasteiger partial charge in [-0.3, -0.25) is 5.41 Å². The predicted molar refractivity (Wildman–Crippen MR) is 56.9 cm³/mol. The average Bonchev–Trinajstić information content (AvgIpc) is 2.17. The SMILES string of the molecule is N=C(OC1OC[C@H](O)[C@H](O)[C@H]1O)C(Cl)(Cl)Cl. The molecule has 6 nitrogen and oxygen atoms in total. The van der Waals surface area contributed by atoms with Crippen LogP contribution in [0.1, 0.15) is 0 Å². The summed E-state index contributed by atoms with van der Waals surface area (Å²) in [5, 5.41) is 35.1. The molecular weight excluding hydrogens is 284 g/mol. The average molecular weight is 295 g/mol. The van der Waals surface area contributed by atoms with E-state index < -0.39 is 34.3 Å². The van der Waals surface area contributed by atoms with Crippen molar-refractivity contribution >= 4 is 40.7 Å². The summed E-state index contributed by atoms with van der Waals surface area (Å²) in [6.45, 7) is -0.254. The fourth-order valence-electron chi connectivity index (χ4n) is 1.07. The Labute approximate surface area is 106 Å². The van der Waals surface area contributed by atoms with Crippen LogP contribution in [0.2, 0.25) is 0 Å². The monoisotopic (exact) mass is 293 g/mol. The number of ether oxygens (including phenoxy) is 2. The van der Waals surface area contributed by atoms with Crippen LogP contribution in [-0.2, 0) is 9.47 Å². The van der Waals surface area contributed by atoms with Crippen LogP contribution in [0, 0.1) is 5.41 Å². The number of aliphatic hydroxyl groups is 3. The summed E-state index contributed by atoms with van der Waals surface area (Å²) in [4.78, 5) is 0. The highest BCUT2D eigenvalue weighted by Gasteiger charge is 2.41. The highest BCUT2D eigenvalue weighted by atomic mass is 35.6. The first kappa shape index (κ1) is 14.2. The van der Waals surface area contributed by atoms with E-state index in [2.05, 4.69) is 0 Å². The lowest BCUT2D eigenvalue weighted by molar-refractivity contribution is -0.246.